The number of hydrogen-bond acceptors (Lipinski definition) is 0. The van der Waals surface area contributed by atoms with Gasteiger partial charge in [-0.3, -0.25) is 0 Å². The molecule has 2 nitrogen and oxygen atoms in total. The van der Waals surface area contributed by atoms with Crippen LogP contribution in [0.5, 0.6) is 0 Å². The van der Waals surface area contributed by atoms with Gasteiger partial charge in [0.15, 0.2) is 0 Å². The van der Waals surface area contributed by atoms with E-state index >= 15 is 0 Å². The van der Waals surface area contributed by atoms with Gasteiger partial charge in [-0.25, -0.2) is 0 Å². The minimum Gasteiger partial charge on any atom is -0.309 e. The average molecular weight is 737 g/mol. The van der Waals surface area contributed by atoms with Crippen LogP contribution in [0.1, 0.15) is 24.0 Å². The summed E-state index contributed by atoms with van der Waals surface area (Å²) in [5.74, 6) is 0.313. The topological polar surface area (TPSA) is 9.86 Å². The molecule has 0 bridgehead atoms. The molecule has 0 fully saturated rings. The standard InChI is InChI=1S/C56H36N2/c1-34-39-26-25-38(31-47(39)50-33-49-43-18-8-6-16-41(43)40-15-5-7-17-42(40)48(49)32-46(34)50)58-54-22-12-10-20-45(54)52-30-36(24-28-56(52)58)35-23-27-55-51(29-35)44-19-9-11-21-53(44)57(55)37-13-3-2-4-14-37/h2-34H,1H3. The Morgan fingerprint density at radius 2 is 0.741 bits per heavy atom. The lowest BCUT2D eigenvalue weighted by Gasteiger charge is -2.14. The van der Waals surface area contributed by atoms with Crippen LogP contribution in [0.25, 0.3) is 110 Å². The van der Waals surface area contributed by atoms with Crippen molar-refractivity contribution in [2.75, 3.05) is 0 Å². The van der Waals surface area contributed by atoms with Crippen molar-refractivity contribution in [1.82, 2.24) is 9.13 Å². The monoisotopic (exact) mass is 736 g/mol. The summed E-state index contributed by atoms with van der Waals surface area (Å²) in [6.07, 6.45) is 0. The number of para-hydroxylation sites is 3. The Balaban J connectivity index is 0.981. The predicted molar refractivity (Wildman–Crippen MR) is 246 cm³/mol. The highest BCUT2D eigenvalue weighted by Gasteiger charge is 2.28. The van der Waals surface area contributed by atoms with Gasteiger partial charge in [0.05, 0.1) is 22.1 Å². The molecule has 0 radical (unpaired) electrons. The Kier molecular flexibility index (Phi) is 6.46. The van der Waals surface area contributed by atoms with Gasteiger partial charge in [0.25, 0.3) is 0 Å². The van der Waals surface area contributed by atoms with E-state index in [2.05, 4.69) is 210 Å². The van der Waals surface area contributed by atoms with Gasteiger partial charge >= 0.3 is 0 Å². The average Bonchev–Trinajstić information content (AvgIpc) is 3.90. The third-order valence-electron chi connectivity index (χ3n) is 13.1. The summed E-state index contributed by atoms with van der Waals surface area (Å²) >= 11 is 0. The van der Waals surface area contributed by atoms with Gasteiger partial charge in [-0.05, 0) is 138 Å². The molecule has 10 aromatic carbocycles. The number of aromatic nitrogens is 2. The Labute approximate surface area is 335 Å². The van der Waals surface area contributed by atoms with Crippen LogP contribution in [0.15, 0.2) is 194 Å². The quantitative estimate of drug-likeness (QED) is 0.160. The Bertz CT molecular complexity index is 3690. The normalized spacial score (nSPS) is 13.8. The van der Waals surface area contributed by atoms with Crippen molar-refractivity contribution >= 4 is 75.9 Å². The lowest BCUT2D eigenvalue weighted by Crippen LogP contribution is -1.96. The zero-order valence-electron chi connectivity index (χ0n) is 31.9. The molecule has 2 heteroatoms. The van der Waals surface area contributed by atoms with Gasteiger partial charge in [0.1, 0.15) is 0 Å². The minimum absolute atomic E-state index is 0.313. The van der Waals surface area contributed by atoms with Crippen molar-refractivity contribution in [2.45, 2.75) is 12.8 Å². The molecule has 1 aliphatic carbocycles. The summed E-state index contributed by atoms with van der Waals surface area (Å²) in [6, 6.07) is 72.3. The Morgan fingerprint density at radius 3 is 1.33 bits per heavy atom. The van der Waals surface area contributed by atoms with Gasteiger partial charge < -0.3 is 9.13 Å². The van der Waals surface area contributed by atoms with Crippen LogP contribution in [0.3, 0.4) is 0 Å². The van der Waals surface area contributed by atoms with Gasteiger partial charge in [-0.1, -0.05) is 128 Å². The van der Waals surface area contributed by atoms with Gasteiger partial charge in [-0.2, -0.15) is 0 Å². The fraction of sp³-hybridized carbons (Fsp3) is 0.0357. The molecule has 58 heavy (non-hydrogen) atoms. The van der Waals surface area contributed by atoms with Crippen LogP contribution < -0.4 is 0 Å². The van der Waals surface area contributed by atoms with E-state index in [0.29, 0.717) is 5.92 Å². The largest absolute Gasteiger partial charge is 0.309 e. The van der Waals surface area contributed by atoms with Crippen molar-refractivity contribution < 1.29 is 0 Å². The number of rotatable bonds is 3. The smallest absolute Gasteiger partial charge is 0.0541 e. The highest BCUT2D eigenvalue weighted by Crippen LogP contribution is 2.49. The van der Waals surface area contributed by atoms with Crippen LogP contribution in [0.4, 0.5) is 0 Å². The molecule has 0 amide bonds. The number of benzene rings is 10. The number of hydrogen-bond donors (Lipinski definition) is 0. The van der Waals surface area contributed by atoms with Crippen molar-refractivity contribution in [2.24, 2.45) is 0 Å². The third kappa shape index (κ3) is 4.32. The molecule has 0 aliphatic heterocycles. The molecule has 2 aromatic heterocycles. The molecule has 13 rings (SSSR count). The fourth-order valence-electron chi connectivity index (χ4n) is 10.5. The molecule has 12 aromatic rings. The van der Waals surface area contributed by atoms with Crippen LogP contribution in [0.2, 0.25) is 0 Å². The molecule has 2 heterocycles. The summed E-state index contributed by atoms with van der Waals surface area (Å²) < 4.78 is 4.85. The lowest BCUT2D eigenvalue weighted by atomic mass is 9.90. The van der Waals surface area contributed by atoms with E-state index in [-0.39, 0.29) is 0 Å². The van der Waals surface area contributed by atoms with Crippen LogP contribution in [-0.2, 0) is 0 Å². The fourth-order valence-corrected chi connectivity index (χ4v) is 10.5. The van der Waals surface area contributed by atoms with E-state index in [1.807, 2.05) is 0 Å². The number of fused-ring (bicyclic) bond motifs is 15. The zero-order valence-corrected chi connectivity index (χ0v) is 31.9. The van der Waals surface area contributed by atoms with Crippen molar-refractivity contribution in [3.05, 3.63) is 205 Å². The molecule has 0 spiro atoms. The maximum atomic E-state index is 2.49. The van der Waals surface area contributed by atoms with E-state index in [0.717, 1.165) is 0 Å². The molecule has 270 valence electrons. The summed E-state index contributed by atoms with van der Waals surface area (Å²) in [5.41, 5.74) is 15.2. The molecule has 0 saturated carbocycles. The molecular formula is C56H36N2. The second kappa shape index (κ2) is 11.8. The Morgan fingerprint density at radius 1 is 0.293 bits per heavy atom. The molecule has 1 atom stereocenters. The molecule has 1 unspecified atom stereocenters. The summed E-state index contributed by atoms with van der Waals surface area (Å²) in [6.45, 7) is 2.37. The predicted octanol–water partition coefficient (Wildman–Crippen LogP) is 15.1. The second-order valence-corrected chi connectivity index (χ2v) is 16.1. The van der Waals surface area contributed by atoms with Gasteiger partial charge in [-0.15, -0.1) is 0 Å². The highest BCUT2D eigenvalue weighted by atomic mass is 15.0. The maximum Gasteiger partial charge on any atom is 0.0541 e. The van der Waals surface area contributed by atoms with E-state index in [4.69, 9.17) is 0 Å². The zero-order chi connectivity index (χ0) is 38.1. The van der Waals surface area contributed by atoms with E-state index in [1.54, 1.807) is 0 Å². The van der Waals surface area contributed by atoms with Gasteiger partial charge in [0.2, 0.25) is 0 Å². The van der Waals surface area contributed by atoms with Crippen molar-refractivity contribution in [1.29, 1.82) is 0 Å². The van der Waals surface area contributed by atoms with E-state index < -0.39 is 0 Å². The first-order valence-corrected chi connectivity index (χ1v) is 20.3. The first-order valence-electron chi connectivity index (χ1n) is 20.3. The SMILES string of the molecule is CC1c2ccc(-n3c4ccccc4c4cc(-c5ccc6c(c5)c5ccccc5n6-c5ccccc5)ccc43)cc2-c2cc3c4ccccc4c4ccccc4c3cc21. The van der Waals surface area contributed by atoms with Crippen molar-refractivity contribution in [3.8, 4) is 33.6 Å². The van der Waals surface area contributed by atoms with Gasteiger partial charge in [0, 0.05) is 38.8 Å². The van der Waals surface area contributed by atoms with Crippen molar-refractivity contribution in [3.63, 3.8) is 0 Å². The lowest BCUT2D eigenvalue weighted by molar-refractivity contribution is 0.957. The maximum absolute atomic E-state index is 2.49. The third-order valence-corrected chi connectivity index (χ3v) is 13.1. The Hall–Kier alpha value is -7.42. The summed E-state index contributed by atoms with van der Waals surface area (Å²) in [4.78, 5) is 0. The highest BCUT2D eigenvalue weighted by molar-refractivity contribution is 6.26. The molecular weight excluding hydrogens is 701 g/mol. The summed E-state index contributed by atoms with van der Waals surface area (Å²) in [7, 11) is 0. The molecule has 0 N–H and O–H groups in total. The molecule has 1 aliphatic rings. The van der Waals surface area contributed by atoms with Crippen LogP contribution in [0, 0.1) is 0 Å². The summed E-state index contributed by atoms with van der Waals surface area (Å²) in [5, 5.41) is 13.0. The van der Waals surface area contributed by atoms with E-state index in [9.17, 15) is 0 Å². The van der Waals surface area contributed by atoms with Crippen LogP contribution in [-0.4, -0.2) is 9.13 Å². The molecule has 0 saturated heterocycles. The first-order chi connectivity index (χ1) is 28.7. The van der Waals surface area contributed by atoms with Crippen LogP contribution >= 0.6 is 0 Å². The second-order valence-electron chi connectivity index (χ2n) is 16.1. The first kappa shape index (κ1) is 31.7. The van der Waals surface area contributed by atoms with E-state index in [1.165, 1.54) is 121 Å². The number of nitrogens with zero attached hydrogens (tertiary/aromatic N) is 2. The minimum atomic E-state index is 0.313.